The van der Waals surface area contributed by atoms with Gasteiger partial charge in [-0.05, 0) is 50.3 Å². The van der Waals surface area contributed by atoms with E-state index in [1.54, 1.807) is 24.4 Å². The molecule has 1 aromatic heterocycles. The predicted molar refractivity (Wildman–Crippen MR) is 84.2 cm³/mol. The molecule has 0 fully saturated rings. The molecule has 0 radical (unpaired) electrons. The van der Waals surface area contributed by atoms with Crippen molar-refractivity contribution in [2.75, 3.05) is 0 Å². The number of halogens is 4. The van der Waals surface area contributed by atoms with E-state index in [0.29, 0.717) is 27.6 Å². The molecule has 3 rings (SSSR count). The van der Waals surface area contributed by atoms with Gasteiger partial charge in [-0.1, -0.05) is 11.6 Å². The number of pyridine rings is 1. The van der Waals surface area contributed by atoms with E-state index in [1.807, 2.05) is 13.8 Å². The molecule has 0 aliphatic carbocycles. The highest BCUT2D eigenvalue weighted by Crippen LogP contribution is 2.42. The first kappa shape index (κ1) is 16.6. The molecule has 24 heavy (non-hydrogen) atoms. The molecule has 2 heterocycles. The molecule has 1 aliphatic heterocycles. The summed E-state index contributed by atoms with van der Waals surface area (Å²) in [5.74, 6) is 0.108. The third-order valence-corrected chi connectivity index (χ3v) is 3.66. The van der Waals surface area contributed by atoms with E-state index in [2.05, 4.69) is 9.72 Å². The Hall–Kier alpha value is -2.21. The molecule has 3 nitrogen and oxygen atoms in total. The van der Waals surface area contributed by atoms with Crippen molar-refractivity contribution in [1.29, 1.82) is 0 Å². The van der Waals surface area contributed by atoms with Crippen LogP contribution in [-0.2, 0) is 0 Å². The van der Waals surface area contributed by atoms with E-state index in [9.17, 15) is 13.2 Å². The van der Waals surface area contributed by atoms with Crippen molar-refractivity contribution in [1.82, 2.24) is 4.98 Å². The van der Waals surface area contributed by atoms with Crippen LogP contribution in [0.3, 0.4) is 0 Å². The molecule has 0 bridgehead atoms. The summed E-state index contributed by atoms with van der Waals surface area (Å²) in [6, 6.07) is 7.28. The lowest BCUT2D eigenvalue weighted by Gasteiger charge is -2.31. The van der Waals surface area contributed by atoms with E-state index in [0.717, 1.165) is 0 Å². The Labute approximate surface area is 141 Å². The van der Waals surface area contributed by atoms with Gasteiger partial charge < -0.3 is 9.47 Å². The maximum atomic E-state index is 12.5. The van der Waals surface area contributed by atoms with Gasteiger partial charge in [0.2, 0.25) is 0 Å². The van der Waals surface area contributed by atoms with Crippen LogP contribution in [0.4, 0.5) is 13.2 Å². The molecule has 0 saturated carbocycles. The summed E-state index contributed by atoms with van der Waals surface area (Å²) in [6.07, 6.45) is -1.42. The van der Waals surface area contributed by atoms with Crippen LogP contribution < -0.4 is 9.47 Å². The van der Waals surface area contributed by atoms with Crippen LogP contribution in [0, 0.1) is 0 Å². The first-order chi connectivity index (χ1) is 11.1. The van der Waals surface area contributed by atoms with Crippen LogP contribution in [0.2, 0.25) is 5.02 Å². The van der Waals surface area contributed by atoms with Crippen molar-refractivity contribution in [3.05, 3.63) is 58.9 Å². The summed E-state index contributed by atoms with van der Waals surface area (Å²) in [5, 5.41) is 0.398. The van der Waals surface area contributed by atoms with Gasteiger partial charge in [0, 0.05) is 17.3 Å². The van der Waals surface area contributed by atoms with Crippen molar-refractivity contribution < 1.29 is 22.6 Å². The number of fused-ring (bicyclic) bond motifs is 1. The molecule has 0 saturated heterocycles. The topological polar surface area (TPSA) is 31.4 Å². The molecule has 2 aromatic rings. The Bertz CT molecular complexity index is 816. The fourth-order valence-corrected chi connectivity index (χ4v) is 2.75. The van der Waals surface area contributed by atoms with Crippen LogP contribution in [0.5, 0.6) is 11.5 Å². The van der Waals surface area contributed by atoms with E-state index < -0.39 is 12.0 Å². The molecule has 126 valence electrons. The largest absolute Gasteiger partial charge is 0.573 e. The van der Waals surface area contributed by atoms with Crippen molar-refractivity contribution >= 4 is 17.2 Å². The van der Waals surface area contributed by atoms with Crippen LogP contribution in [-0.4, -0.2) is 16.9 Å². The zero-order valence-corrected chi connectivity index (χ0v) is 13.6. The van der Waals surface area contributed by atoms with Crippen molar-refractivity contribution in [3.63, 3.8) is 0 Å². The third kappa shape index (κ3) is 3.48. The second-order valence-electron chi connectivity index (χ2n) is 5.80. The number of alkyl halides is 3. The number of nitrogens with zero attached hydrogens (tertiary/aromatic N) is 1. The Balaban J connectivity index is 2.14. The monoisotopic (exact) mass is 355 g/mol. The van der Waals surface area contributed by atoms with Gasteiger partial charge >= 0.3 is 6.36 Å². The lowest BCUT2D eigenvalue weighted by molar-refractivity contribution is -0.274. The SMILES string of the molecule is CC1(C)C=C(c2ncccc2Cl)c2cc(OC(F)(F)F)ccc2O1. The lowest BCUT2D eigenvalue weighted by atomic mass is 9.92. The molecule has 0 spiro atoms. The first-order valence-corrected chi connectivity index (χ1v) is 7.45. The summed E-state index contributed by atoms with van der Waals surface area (Å²) in [5.41, 5.74) is 0.854. The minimum atomic E-state index is -4.77. The molecular formula is C17H13ClF3NO2. The minimum Gasteiger partial charge on any atom is -0.483 e. The number of hydrogen-bond acceptors (Lipinski definition) is 3. The highest BCUT2D eigenvalue weighted by atomic mass is 35.5. The van der Waals surface area contributed by atoms with E-state index in [1.165, 1.54) is 18.2 Å². The number of hydrogen-bond donors (Lipinski definition) is 0. The molecule has 1 aromatic carbocycles. The maximum Gasteiger partial charge on any atom is 0.573 e. The van der Waals surface area contributed by atoms with Crippen LogP contribution in [0.1, 0.15) is 25.1 Å². The van der Waals surface area contributed by atoms with Crippen molar-refractivity contribution in [2.24, 2.45) is 0 Å². The zero-order chi connectivity index (χ0) is 17.5. The Morgan fingerprint density at radius 2 is 1.96 bits per heavy atom. The zero-order valence-electron chi connectivity index (χ0n) is 12.8. The van der Waals surface area contributed by atoms with E-state index in [-0.39, 0.29) is 5.75 Å². The van der Waals surface area contributed by atoms with Crippen LogP contribution >= 0.6 is 11.6 Å². The molecule has 1 aliphatic rings. The van der Waals surface area contributed by atoms with Crippen LogP contribution in [0.25, 0.3) is 5.57 Å². The number of aromatic nitrogens is 1. The Morgan fingerprint density at radius 3 is 2.62 bits per heavy atom. The van der Waals surface area contributed by atoms with Gasteiger partial charge in [-0.3, -0.25) is 4.98 Å². The molecule has 0 N–H and O–H groups in total. The number of rotatable bonds is 2. The average molecular weight is 356 g/mol. The van der Waals surface area contributed by atoms with Gasteiger partial charge in [-0.25, -0.2) is 0 Å². The fourth-order valence-electron chi connectivity index (χ4n) is 2.52. The summed E-state index contributed by atoms with van der Waals surface area (Å²) in [6.45, 7) is 3.68. The predicted octanol–water partition coefficient (Wildman–Crippen LogP) is 5.24. The Kier molecular flexibility index (Phi) is 3.95. The summed E-state index contributed by atoms with van der Waals surface area (Å²) < 4.78 is 47.2. The highest BCUT2D eigenvalue weighted by molar-refractivity contribution is 6.32. The van der Waals surface area contributed by atoms with Gasteiger partial charge in [0.05, 0.1) is 10.7 Å². The lowest BCUT2D eigenvalue weighted by Crippen LogP contribution is -2.29. The minimum absolute atomic E-state index is 0.331. The van der Waals surface area contributed by atoms with E-state index >= 15 is 0 Å². The summed E-state index contributed by atoms with van der Waals surface area (Å²) in [7, 11) is 0. The number of benzene rings is 1. The van der Waals surface area contributed by atoms with Crippen molar-refractivity contribution in [2.45, 2.75) is 25.8 Å². The Morgan fingerprint density at radius 1 is 1.21 bits per heavy atom. The second kappa shape index (κ2) is 5.70. The normalized spacial score (nSPS) is 16.0. The maximum absolute atomic E-state index is 12.5. The molecule has 0 atom stereocenters. The van der Waals surface area contributed by atoms with E-state index in [4.69, 9.17) is 16.3 Å². The highest BCUT2D eigenvalue weighted by Gasteiger charge is 2.33. The second-order valence-corrected chi connectivity index (χ2v) is 6.21. The first-order valence-electron chi connectivity index (χ1n) is 7.07. The van der Waals surface area contributed by atoms with Gasteiger partial charge in [0.15, 0.2) is 0 Å². The van der Waals surface area contributed by atoms with Crippen molar-refractivity contribution in [3.8, 4) is 11.5 Å². The number of ether oxygens (including phenoxy) is 2. The molecular weight excluding hydrogens is 343 g/mol. The summed E-state index contributed by atoms with van der Waals surface area (Å²) >= 11 is 6.21. The molecule has 7 heteroatoms. The quantitative estimate of drug-likeness (QED) is 0.738. The third-order valence-electron chi connectivity index (χ3n) is 3.35. The fraction of sp³-hybridized carbons (Fsp3) is 0.235. The van der Waals surface area contributed by atoms with Gasteiger partial charge in [-0.15, -0.1) is 13.2 Å². The summed E-state index contributed by atoms with van der Waals surface area (Å²) in [4.78, 5) is 4.25. The van der Waals surface area contributed by atoms with Gasteiger partial charge in [0.25, 0.3) is 0 Å². The van der Waals surface area contributed by atoms with Gasteiger partial charge in [0.1, 0.15) is 17.1 Å². The average Bonchev–Trinajstić information content (AvgIpc) is 2.45. The van der Waals surface area contributed by atoms with Crippen LogP contribution in [0.15, 0.2) is 42.6 Å². The smallest absolute Gasteiger partial charge is 0.483 e. The molecule has 0 unspecified atom stereocenters. The standard InChI is InChI=1S/C17H13ClF3NO2/c1-16(2)9-12(15-13(18)4-3-7-22-15)11-8-10(23-17(19,20)21)5-6-14(11)24-16/h3-9H,1-2H3. The molecule has 0 amide bonds. The van der Waals surface area contributed by atoms with Gasteiger partial charge in [-0.2, -0.15) is 0 Å².